The second-order valence-electron chi connectivity index (χ2n) is 3.62. The summed E-state index contributed by atoms with van der Waals surface area (Å²) in [6.45, 7) is 4.36. The Kier molecular flexibility index (Phi) is 3.49. The fraction of sp³-hybridized carbons (Fsp3) is 0.364. The molecule has 0 fully saturated rings. The lowest BCUT2D eigenvalue weighted by Gasteiger charge is -2.01. The molecule has 0 aromatic carbocycles. The molecule has 0 aliphatic heterocycles. The van der Waals surface area contributed by atoms with Gasteiger partial charge >= 0.3 is 0 Å². The monoisotopic (exact) mass is 255 g/mol. The normalized spacial score (nSPS) is 11.2. The van der Waals surface area contributed by atoms with Crippen LogP contribution in [0.2, 0.25) is 0 Å². The Morgan fingerprint density at radius 2 is 2.27 bits per heavy atom. The molecular weight excluding hydrogens is 242 g/mol. The van der Waals surface area contributed by atoms with Crippen LogP contribution in [0, 0.1) is 0 Å². The molecule has 2 aromatic heterocycles. The minimum absolute atomic E-state index is 0.483. The first kappa shape index (κ1) is 11.2. The molecule has 0 unspecified atom stereocenters. The first-order valence-corrected chi connectivity index (χ1v) is 7.19. The van der Waals surface area contributed by atoms with E-state index in [1.54, 1.807) is 22.7 Å². The maximum Gasteiger partial charge on any atom is 0.133 e. The predicted octanol–water partition coefficient (Wildman–Crippen LogP) is 4.42. The zero-order valence-electron chi connectivity index (χ0n) is 8.73. The molecule has 0 saturated heterocycles. The Balaban J connectivity index is 2.43. The molecule has 80 valence electrons. The summed E-state index contributed by atoms with van der Waals surface area (Å²) in [5, 5.41) is 3.23. The number of nitrogens with zero attached hydrogens (tertiary/aromatic N) is 1. The molecule has 0 radical (unpaired) electrons. The van der Waals surface area contributed by atoms with Crippen LogP contribution in [0.3, 0.4) is 0 Å². The van der Waals surface area contributed by atoms with Gasteiger partial charge in [-0.25, -0.2) is 4.98 Å². The van der Waals surface area contributed by atoms with Gasteiger partial charge in [0, 0.05) is 10.6 Å². The van der Waals surface area contributed by atoms with Crippen LogP contribution in [0.1, 0.15) is 30.3 Å². The molecule has 0 aliphatic rings. The molecule has 0 saturated carbocycles. The van der Waals surface area contributed by atoms with Gasteiger partial charge in [0.15, 0.2) is 0 Å². The SMILES string of the molecule is CC(C)c1nc(-c2cccs2)sc1CS. The molecule has 0 amide bonds. The summed E-state index contributed by atoms with van der Waals surface area (Å²) < 4.78 is 0. The van der Waals surface area contributed by atoms with Gasteiger partial charge in [-0.3, -0.25) is 0 Å². The van der Waals surface area contributed by atoms with Crippen molar-refractivity contribution >= 4 is 35.3 Å². The molecule has 0 spiro atoms. The summed E-state index contributed by atoms with van der Waals surface area (Å²) in [5.41, 5.74) is 1.21. The summed E-state index contributed by atoms with van der Waals surface area (Å²) in [6.07, 6.45) is 0. The van der Waals surface area contributed by atoms with Gasteiger partial charge in [-0.05, 0) is 17.4 Å². The van der Waals surface area contributed by atoms with E-state index in [2.05, 4.69) is 44.0 Å². The highest BCUT2D eigenvalue weighted by Crippen LogP contribution is 2.34. The van der Waals surface area contributed by atoms with E-state index in [0.29, 0.717) is 5.92 Å². The van der Waals surface area contributed by atoms with E-state index in [-0.39, 0.29) is 0 Å². The maximum atomic E-state index is 4.70. The van der Waals surface area contributed by atoms with Gasteiger partial charge in [-0.1, -0.05) is 19.9 Å². The molecule has 2 rings (SSSR count). The quantitative estimate of drug-likeness (QED) is 0.801. The van der Waals surface area contributed by atoms with Crippen LogP contribution in [0.4, 0.5) is 0 Å². The molecule has 0 N–H and O–H groups in total. The van der Waals surface area contributed by atoms with E-state index in [1.807, 2.05) is 0 Å². The van der Waals surface area contributed by atoms with Crippen LogP contribution in [-0.4, -0.2) is 4.98 Å². The van der Waals surface area contributed by atoms with E-state index in [4.69, 9.17) is 4.98 Å². The number of hydrogen-bond acceptors (Lipinski definition) is 4. The smallest absolute Gasteiger partial charge is 0.133 e. The number of aromatic nitrogens is 1. The maximum absolute atomic E-state index is 4.70. The zero-order chi connectivity index (χ0) is 10.8. The molecule has 1 nitrogen and oxygen atoms in total. The van der Waals surface area contributed by atoms with E-state index in [1.165, 1.54) is 15.4 Å². The molecule has 4 heteroatoms. The molecule has 2 aromatic rings. The predicted molar refractivity (Wildman–Crippen MR) is 72.2 cm³/mol. The zero-order valence-corrected chi connectivity index (χ0v) is 11.3. The summed E-state index contributed by atoms with van der Waals surface area (Å²) in [6, 6.07) is 4.19. The van der Waals surface area contributed by atoms with E-state index < -0.39 is 0 Å². The van der Waals surface area contributed by atoms with Crippen LogP contribution in [0.5, 0.6) is 0 Å². The van der Waals surface area contributed by atoms with E-state index in [0.717, 1.165) is 10.8 Å². The Bertz CT molecular complexity index is 429. The highest BCUT2D eigenvalue weighted by molar-refractivity contribution is 7.79. The van der Waals surface area contributed by atoms with Gasteiger partial charge in [-0.15, -0.1) is 22.7 Å². The largest absolute Gasteiger partial charge is 0.240 e. The number of thiophene rings is 1. The summed E-state index contributed by atoms with van der Waals surface area (Å²) >= 11 is 7.87. The van der Waals surface area contributed by atoms with Crippen molar-refractivity contribution in [3.8, 4) is 9.88 Å². The second kappa shape index (κ2) is 4.68. The summed E-state index contributed by atoms with van der Waals surface area (Å²) in [4.78, 5) is 7.26. The van der Waals surface area contributed by atoms with Crippen LogP contribution < -0.4 is 0 Å². The van der Waals surface area contributed by atoms with Gasteiger partial charge in [0.25, 0.3) is 0 Å². The summed E-state index contributed by atoms with van der Waals surface area (Å²) in [7, 11) is 0. The molecule has 0 bridgehead atoms. The van der Waals surface area contributed by atoms with Crippen molar-refractivity contribution in [3.63, 3.8) is 0 Å². The fourth-order valence-corrected chi connectivity index (χ4v) is 3.66. The highest BCUT2D eigenvalue weighted by atomic mass is 32.1. The van der Waals surface area contributed by atoms with Gasteiger partial charge in [0.2, 0.25) is 0 Å². The Hall–Kier alpha value is -0.320. The summed E-state index contributed by atoms with van der Waals surface area (Å²) in [5.74, 6) is 1.27. The molecule has 0 atom stereocenters. The van der Waals surface area contributed by atoms with Crippen LogP contribution in [0.25, 0.3) is 9.88 Å². The number of thiol groups is 1. The third kappa shape index (κ3) is 2.27. The van der Waals surface area contributed by atoms with Crippen molar-refractivity contribution < 1.29 is 0 Å². The van der Waals surface area contributed by atoms with Crippen LogP contribution in [-0.2, 0) is 5.75 Å². The Morgan fingerprint density at radius 3 is 2.73 bits per heavy atom. The van der Waals surface area contributed by atoms with Gasteiger partial charge < -0.3 is 0 Å². The molecular formula is C11H13NS3. The molecule has 15 heavy (non-hydrogen) atoms. The van der Waals surface area contributed by atoms with Crippen LogP contribution in [0.15, 0.2) is 17.5 Å². The second-order valence-corrected chi connectivity index (χ2v) is 5.97. The van der Waals surface area contributed by atoms with E-state index >= 15 is 0 Å². The van der Waals surface area contributed by atoms with Crippen molar-refractivity contribution in [2.45, 2.75) is 25.5 Å². The Morgan fingerprint density at radius 1 is 1.47 bits per heavy atom. The topological polar surface area (TPSA) is 12.9 Å². The van der Waals surface area contributed by atoms with Crippen molar-refractivity contribution in [2.75, 3.05) is 0 Å². The molecule has 2 heterocycles. The first-order chi connectivity index (χ1) is 7.22. The molecule has 0 aliphatic carbocycles. The number of rotatable bonds is 3. The Labute approximate surface area is 104 Å². The number of hydrogen-bond donors (Lipinski definition) is 1. The van der Waals surface area contributed by atoms with Gasteiger partial charge in [0.05, 0.1) is 10.6 Å². The average molecular weight is 255 g/mol. The lowest BCUT2D eigenvalue weighted by molar-refractivity contribution is 0.825. The third-order valence-electron chi connectivity index (χ3n) is 2.15. The van der Waals surface area contributed by atoms with Gasteiger partial charge in [-0.2, -0.15) is 12.6 Å². The highest BCUT2D eigenvalue weighted by Gasteiger charge is 2.14. The lowest BCUT2D eigenvalue weighted by atomic mass is 10.1. The standard InChI is InChI=1S/C11H13NS3/c1-7(2)10-9(6-13)15-11(12-10)8-4-3-5-14-8/h3-5,7,13H,6H2,1-2H3. The first-order valence-electron chi connectivity index (χ1n) is 4.86. The minimum atomic E-state index is 0.483. The third-order valence-corrected chi connectivity index (χ3v) is 4.79. The van der Waals surface area contributed by atoms with Crippen LogP contribution >= 0.6 is 35.3 Å². The van der Waals surface area contributed by atoms with Crippen molar-refractivity contribution in [3.05, 3.63) is 28.1 Å². The fourth-order valence-electron chi connectivity index (χ4n) is 1.43. The average Bonchev–Trinajstić information content (AvgIpc) is 2.86. The number of thiazole rings is 1. The minimum Gasteiger partial charge on any atom is -0.240 e. The van der Waals surface area contributed by atoms with E-state index in [9.17, 15) is 0 Å². The van der Waals surface area contributed by atoms with Crippen molar-refractivity contribution in [1.82, 2.24) is 4.98 Å². The van der Waals surface area contributed by atoms with Crippen molar-refractivity contribution in [2.24, 2.45) is 0 Å². The van der Waals surface area contributed by atoms with Crippen molar-refractivity contribution in [1.29, 1.82) is 0 Å². The van der Waals surface area contributed by atoms with Gasteiger partial charge in [0.1, 0.15) is 5.01 Å². The lowest BCUT2D eigenvalue weighted by Crippen LogP contribution is -1.91.